The van der Waals surface area contributed by atoms with Gasteiger partial charge in [-0.3, -0.25) is 4.79 Å². The van der Waals surface area contributed by atoms with E-state index in [9.17, 15) is 9.90 Å². The van der Waals surface area contributed by atoms with Gasteiger partial charge in [0, 0.05) is 25.9 Å². The number of rotatable bonds is 7. The Kier molecular flexibility index (Phi) is 8.35. The Morgan fingerprint density at radius 3 is 2.67 bits per heavy atom. The molecule has 1 aliphatic carbocycles. The van der Waals surface area contributed by atoms with Gasteiger partial charge in [-0.25, -0.2) is 0 Å². The summed E-state index contributed by atoms with van der Waals surface area (Å²) >= 11 is 0. The second kappa shape index (κ2) is 10.3. The number of carbonyl (C=O) groups is 1. The molecule has 2 fully saturated rings. The minimum Gasteiger partial charge on any atom is -0.488 e. The molecule has 0 radical (unpaired) electrons. The zero-order chi connectivity index (χ0) is 18.4. The van der Waals surface area contributed by atoms with Crippen LogP contribution >= 0.6 is 12.4 Å². The van der Waals surface area contributed by atoms with Crippen LogP contribution < -0.4 is 15.4 Å². The SMILES string of the molecule is COCCC1(C(=O)Nc2ccc(OC3CCCCC3O)cc2)CCNC1.Cl. The lowest BCUT2D eigenvalue weighted by atomic mass is 9.82. The summed E-state index contributed by atoms with van der Waals surface area (Å²) in [6.07, 6.45) is 4.85. The van der Waals surface area contributed by atoms with Crippen LogP contribution in [0.4, 0.5) is 5.69 Å². The third-order valence-electron chi connectivity index (χ3n) is 5.58. The fourth-order valence-electron chi connectivity index (χ4n) is 3.83. The van der Waals surface area contributed by atoms with E-state index < -0.39 is 11.5 Å². The molecule has 1 heterocycles. The lowest BCUT2D eigenvalue weighted by Crippen LogP contribution is -2.39. The number of amides is 1. The van der Waals surface area contributed by atoms with Crippen LogP contribution in [0.15, 0.2) is 24.3 Å². The quantitative estimate of drug-likeness (QED) is 0.658. The maximum atomic E-state index is 12.8. The van der Waals surface area contributed by atoms with Crippen LogP contribution in [0.3, 0.4) is 0 Å². The predicted molar refractivity (Wildman–Crippen MR) is 108 cm³/mol. The van der Waals surface area contributed by atoms with E-state index in [0.717, 1.165) is 50.1 Å². The number of ether oxygens (including phenoxy) is 2. The normalized spacial score (nSPS) is 27.6. The van der Waals surface area contributed by atoms with Gasteiger partial charge in [0.25, 0.3) is 0 Å². The van der Waals surface area contributed by atoms with Crippen molar-refractivity contribution in [3.63, 3.8) is 0 Å². The number of halogens is 1. The van der Waals surface area contributed by atoms with Gasteiger partial charge in [0.05, 0.1) is 11.5 Å². The minimum absolute atomic E-state index is 0. The molecule has 1 aromatic carbocycles. The molecule has 1 aromatic rings. The van der Waals surface area contributed by atoms with E-state index in [1.165, 1.54) is 0 Å². The molecule has 0 aromatic heterocycles. The summed E-state index contributed by atoms with van der Waals surface area (Å²) in [5.74, 6) is 0.765. The highest BCUT2D eigenvalue weighted by molar-refractivity contribution is 5.95. The first kappa shape index (κ1) is 22.0. The van der Waals surface area contributed by atoms with E-state index in [-0.39, 0.29) is 24.4 Å². The number of methoxy groups -OCH3 is 1. The number of aliphatic hydroxyl groups excluding tert-OH is 1. The zero-order valence-electron chi connectivity index (χ0n) is 15.9. The lowest BCUT2D eigenvalue weighted by molar-refractivity contribution is -0.125. The fourth-order valence-corrected chi connectivity index (χ4v) is 3.83. The van der Waals surface area contributed by atoms with Crippen molar-refractivity contribution < 1.29 is 19.4 Å². The first-order valence-corrected chi connectivity index (χ1v) is 9.59. The summed E-state index contributed by atoms with van der Waals surface area (Å²) in [4.78, 5) is 12.8. The van der Waals surface area contributed by atoms with Gasteiger partial charge < -0.3 is 25.2 Å². The number of hydrogen-bond acceptors (Lipinski definition) is 5. The second-order valence-corrected chi connectivity index (χ2v) is 7.44. The molecule has 3 rings (SSSR count). The largest absolute Gasteiger partial charge is 0.488 e. The second-order valence-electron chi connectivity index (χ2n) is 7.44. The van der Waals surface area contributed by atoms with Gasteiger partial charge in [0.2, 0.25) is 5.91 Å². The number of carbonyl (C=O) groups excluding carboxylic acids is 1. The predicted octanol–water partition coefficient (Wildman–Crippen LogP) is 2.75. The summed E-state index contributed by atoms with van der Waals surface area (Å²) in [6, 6.07) is 7.42. The topological polar surface area (TPSA) is 79.8 Å². The molecule has 1 amide bonds. The molecule has 0 spiro atoms. The van der Waals surface area contributed by atoms with Crippen molar-refractivity contribution in [3.05, 3.63) is 24.3 Å². The number of nitrogens with one attached hydrogen (secondary N) is 2. The van der Waals surface area contributed by atoms with Crippen LogP contribution in [0.5, 0.6) is 5.75 Å². The highest BCUT2D eigenvalue weighted by atomic mass is 35.5. The van der Waals surface area contributed by atoms with Gasteiger partial charge in [0.1, 0.15) is 11.9 Å². The third-order valence-corrected chi connectivity index (χ3v) is 5.58. The Hall–Kier alpha value is -1.34. The van der Waals surface area contributed by atoms with E-state index in [1.807, 2.05) is 24.3 Å². The van der Waals surface area contributed by atoms with Crippen LogP contribution in [0.1, 0.15) is 38.5 Å². The summed E-state index contributed by atoms with van der Waals surface area (Å²) in [5.41, 5.74) is 0.354. The molecule has 27 heavy (non-hydrogen) atoms. The maximum absolute atomic E-state index is 12.8. The van der Waals surface area contributed by atoms with Crippen LogP contribution in [-0.2, 0) is 9.53 Å². The average molecular weight is 399 g/mol. The molecule has 152 valence electrons. The number of aliphatic hydroxyl groups is 1. The Balaban J connectivity index is 0.00000261. The minimum atomic E-state index is -0.405. The van der Waals surface area contributed by atoms with Gasteiger partial charge in [-0.15, -0.1) is 12.4 Å². The first-order chi connectivity index (χ1) is 12.6. The molecule has 1 saturated carbocycles. The Labute approximate surface area is 167 Å². The highest BCUT2D eigenvalue weighted by Gasteiger charge is 2.40. The molecule has 0 bridgehead atoms. The van der Waals surface area contributed by atoms with Crippen LogP contribution in [-0.4, -0.2) is 50.0 Å². The highest BCUT2D eigenvalue weighted by Crippen LogP contribution is 2.32. The van der Waals surface area contributed by atoms with Crippen molar-refractivity contribution in [3.8, 4) is 5.75 Å². The first-order valence-electron chi connectivity index (χ1n) is 9.59. The summed E-state index contributed by atoms with van der Waals surface area (Å²) in [7, 11) is 1.66. The maximum Gasteiger partial charge on any atom is 0.232 e. The van der Waals surface area contributed by atoms with Gasteiger partial charge in [-0.05, 0) is 62.9 Å². The van der Waals surface area contributed by atoms with Crippen LogP contribution in [0, 0.1) is 5.41 Å². The number of anilines is 1. The van der Waals surface area contributed by atoms with Gasteiger partial charge in [-0.2, -0.15) is 0 Å². The molecule has 1 saturated heterocycles. The molecular weight excluding hydrogens is 368 g/mol. The van der Waals surface area contributed by atoms with Gasteiger partial charge >= 0.3 is 0 Å². The summed E-state index contributed by atoms with van der Waals surface area (Å²) in [5, 5.41) is 16.3. The van der Waals surface area contributed by atoms with Crippen molar-refractivity contribution in [1.29, 1.82) is 0 Å². The van der Waals surface area contributed by atoms with E-state index in [4.69, 9.17) is 9.47 Å². The van der Waals surface area contributed by atoms with Crippen molar-refractivity contribution in [2.45, 2.75) is 50.7 Å². The van der Waals surface area contributed by atoms with E-state index in [2.05, 4.69) is 10.6 Å². The zero-order valence-corrected chi connectivity index (χ0v) is 16.7. The lowest BCUT2D eigenvalue weighted by Gasteiger charge is -2.28. The fraction of sp³-hybridized carbons (Fsp3) is 0.650. The van der Waals surface area contributed by atoms with Crippen molar-refractivity contribution in [2.75, 3.05) is 32.1 Å². The Morgan fingerprint density at radius 2 is 2.04 bits per heavy atom. The number of hydrogen-bond donors (Lipinski definition) is 3. The Morgan fingerprint density at radius 1 is 1.30 bits per heavy atom. The standard InChI is InChI=1S/C20H30N2O4.ClH/c1-25-13-11-20(10-12-21-14-20)19(24)22-15-6-8-16(9-7-15)26-18-5-3-2-4-17(18)23;/h6-9,17-18,21,23H,2-5,10-14H2,1H3,(H,22,24);1H. The van der Waals surface area contributed by atoms with E-state index in [1.54, 1.807) is 7.11 Å². The molecular formula is C20H31ClN2O4. The monoisotopic (exact) mass is 398 g/mol. The molecule has 1 aliphatic heterocycles. The van der Waals surface area contributed by atoms with E-state index in [0.29, 0.717) is 19.6 Å². The van der Waals surface area contributed by atoms with Crippen LogP contribution in [0.2, 0.25) is 0 Å². The van der Waals surface area contributed by atoms with E-state index >= 15 is 0 Å². The van der Waals surface area contributed by atoms with Crippen molar-refractivity contribution in [1.82, 2.24) is 5.32 Å². The van der Waals surface area contributed by atoms with Crippen molar-refractivity contribution in [2.24, 2.45) is 5.41 Å². The summed E-state index contributed by atoms with van der Waals surface area (Å²) < 4.78 is 11.1. The molecule has 3 N–H and O–H groups in total. The van der Waals surface area contributed by atoms with Gasteiger partial charge in [-0.1, -0.05) is 6.42 Å². The molecule has 3 unspecified atom stereocenters. The van der Waals surface area contributed by atoms with Crippen molar-refractivity contribution >= 4 is 24.0 Å². The average Bonchev–Trinajstić information content (AvgIpc) is 3.14. The third kappa shape index (κ3) is 5.57. The molecule has 6 nitrogen and oxygen atoms in total. The smallest absolute Gasteiger partial charge is 0.232 e. The van der Waals surface area contributed by atoms with Gasteiger partial charge in [0.15, 0.2) is 0 Å². The van der Waals surface area contributed by atoms with Crippen LogP contribution in [0.25, 0.3) is 0 Å². The number of benzene rings is 1. The molecule has 7 heteroatoms. The Bertz CT molecular complexity index is 590. The molecule has 3 atom stereocenters. The summed E-state index contributed by atoms with van der Waals surface area (Å²) in [6.45, 7) is 2.11. The molecule has 2 aliphatic rings.